The molecule has 6 nitrogen and oxygen atoms in total. The molecule has 1 saturated heterocycles. The number of ether oxygens (including phenoxy) is 1. The number of nitrogens with one attached hydrogen (secondary N) is 1. The zero-order chi connectivity index (χ0) is 15.5. The summed E-state index contributed by atoms with van der Waals surface area (Å²) >= 11 is 1.09. The molecule has 0 bridgehead atoms. The van der Waals surface area contributed by atoms with E-state index in [0.29, 0.717) is 23.9 Å². The fourth-order valence-corrected chi connectivity index (χ4v) is 5.24. The zero-order valence-electron chi connectivity index (χ0n) is 12.6. The molecule has 22 heavy (non-hydrogen) atoms. The Morgan fingerprint density at radius 1 is 1.55 bits per heavy atom. The third kappa shape index (κ3) is 4.20. The summed E-state index contributed by atoms with van der Waals surface area (Å²) in [6.45, 7) is 1.86. The Hall–Kier alpha value is -0.670. The first-order valence-electron chi connectivity index (χ1n) is 6.80. The fourth-order valence-electron chi connectivity index (χ4n) is 2.51. The van der Waals surface area contributed by atoms with E-state index in [-0.39, 0.29) is 17.3 Å². The quantitative estimate of drug-likeness (QED) is 0.798. The maximum atomic E-state index is 12.6. The number of carbonyl (C=O) groups excluding carboxylic acids is 1. The molecule has 2 rings (SSSR count). The average Bonchev–Trinajstić information content (AvgIpc) is 2.97. The van der Waals surface area contributed by atoms with Gasteiger partial charge in [0.15, 0.2) is 0 Å². The summed E-state index contributed by atoms with van der Waals surface area (Å²) < 4.78 is 31.4. The van der Waals surface area contributed by atoms with Crippen molar-refractivity contribution in [2.75, 3.05) is 33.8 Å². The lowest BCUT2D eigenvalue weighted by Crippen LogP contribution is -2.42. The lowest BCUT2D eigenvalue weighted by molar-refractivity contribution is 0.0606. The largest absolute Gasteiger partial charge is 0.465 e. The number of nitrogens with zero attached hydrogens (tertiary/aromatic N) is 1. The minimum absolute atomic E-state index is 0. The van der Waals surface area contributed by atoms with E-state index in [4.69, 9.17) is 0 Å². The van der Waals surface area contributed by atoms with Crippen LogP contribution >= 0.6 is 23.7 Å². The van der Waals surface area contributed by atoms with Gasteiger partial charge in [-0.1, -0.05) is 0 Å². The van der Waals surface area contributed by atoms with Crippen LogP contribution in [-0.2, 0) is 14.8 Å². The molecule has 9 heteroatoms. The molecule has 1 aromatic heterocycles. The normalized spacial score (nSPS) is 19.5. The number of halogens is 1. The maximum Gasteiger partial charge on any atom is 0.348 e. The molecule has 0 saturated carbocycles. The van der Waals surface area contributed by atoms with Crippen LogP contribution in [0, 0.1) is 5.92 Å². The van der Waals surface area contributed by atoms with E-state index in [2.05, 4.69) is 10.1 Å². The fraction of sp³-hybridized carbons (Fsp3) is 0.615. The van der Waals surface area contributed by atoms with Gasteiger partial charge in [-0.3, -0.25) is 0 Å². The number of hydrogen-bond donors (Lipinski definition) is 1. The van der Waals surface area contributed by atoms with Crippen molar-refractivity contribution in [1.82, 2.24) is 9.62 Å². The van der Waals surface area contributed by atoms with Crippen LogP contribution in [0.3, 0.4) is 0 Å². The molecular formula is C13H21ClN2O4S2. The van der Waals surface area contributed by atoms with Crippen LogP contribution in [0.15, 0.2) is 16.3 Å². The monoisotopic (exact) mass is 368 g/mol. The molecule has 1 aliphatic rings. The van der Waals surface area contributed by atoms with Crippen molar-refractivity contribution in [3.8, 4) is 0 Å². The van der Waals surface area contributed by atoms with Crippen molar-refractivity contribution < 1.29 is 17.9 Å². The Kier molecular flexibility index (Phi) is 7.27. The standard InChI is InChI=1S/C13H20N2O4S2.ClH/c1-14-7-10-4-3-5-15(8-10)21(17,18)11-6-12(20-9-11)13(16)19-2;/h6,9-10,14H,3-5,7-8H2,1-2H3;1H. The molecule has 1 N–H and O–H groups in total. The second-order valence-corrected chi connectivity index (χ2v) is 7.92. The predicted molar refractivity (Wildman–Crippen MR) is 88.3 cm³/mol. The SMILES string of the molecule is CNCC1CCCN(S(=O)(=O)c2csc(C(=O)OC)c2)C1.Cl. The van der Waals surface area contributed by atoms with Crippen molar-refractivity contribution in [2.24, 2.45) is 5.92 Å². The predicted octanol–water partition coefficient (Wildman–Crippen LogP) is 1.58. The third-order valence-corrected chi connectivity index (χ3v) is 6.48. The van der Waals surface area contributed by atoms with Crippen LogP contribution in [0.25, 0.3) is 0 Å². The highest BCUT2D eigenvalue weighted by atomic mass is 35.5. The van der Waals surface area contributed by atoms with Gasteiger partial charge < -0.3 is 10.1 Å². The van der Waals surface area contributed by atoms with E-state index in [9.17, 15) is 13.2 Å². The van der Waals surface area contributed by atoms with Gasteiger partial charge in [0.2, 0.25) is 10.0 Å². The van der Waals surface area contributed by atoms with Gasteiger partial charge >= 0.3 is 5.97 Å². The molecule has 0 amide bonds. The van der Waals surface area contributed by atoms with E-state index < -0.39 is 16.0 Å². The molecule has 2 heterocycles. The minimum atomic E-state index is -3.53. The van der Waals surface area contributed by atoms with Crippen molar-refractivity contribution in [1.29, 1.82) is 0 Å². The van der Waals surface area contributed by atoms with Crippen molar-refractivity contribution in [2.45, 2.75) is 17.7 Å². The summed E-state index contributed by atoms with van der Waals surface area (Å²) in [5, 5.41) is 4.60. The highest BCUT2D eigenvalue weighted by Gasteiger charge is 2.31. The molecule has 0 aromatic carbocycles. The summed E-state index contributed by atoms with van der Waals surface area (Å²) in [7, 11) is -0.375. The number of hydrogen-bond acceptors (Lipinski definition) is 6. The molecule has 126 valence electrons. The Morgan fingerprint density at radius 3 is 2.91 bits per heavy atom. The number of piperidine rings is 1. The number of carbonyl (C=O) groups is 1. The lowest BCUT2D eigenvalue weighted by atomic mass is 10.00. The van der Waals surface area contributed by atoms with Crippen LogP contribution in [0.4, 0.5) is 0 Å². The number of rotatable bonds is 5. The molecule has 1 unspecified atom stereocenters. The number of sulfonamides is 1. The highest BCUT2D eigenvalue weighted by molar-refractivity contribution is 7.89. The molecule has 0 aliphatic carbocycles. The number of thiophene rings is 1. The van der Waals surface area contributed by atoms with Crippen LogP contribution in [0.2, 0.25) is 0 Å². The van der Waals surface area contributed by atoms with Gasteiger partial charge in [0.25, 0.3) is 0 Å². The topological polar surface area (TPSA) is 75.7 Å². The van der Waals surface area contributed by atoms with E-state index in [1.54, 1.807) is 0 Å². The van der Waals surface area contributed by atoms with Gasteiger partial charge in [0, 0.05) is 18.5 Å². The molecule has 1 fully saturated rings. The summed E-state index contributed by atoms with van der Waals surface area (Å²) in [6.07, 6.45) is 1.89. The maximum absolute atomic E-state index is 12.6. The smallest absolute Gasteiger partial charge is 0.348 e. The first kappa shape index (κ1) is 19.4. The molecule has 0 spiro atoms. The number of esters is 1. The number of methoxy groups -OCH3 is 1. The Labute approximate surface area is 141 Å². The second kappa shape index (κ2) is 8.26. The van der Waals surface area contributed by atoms with Gasteiger partial charge in [0.1, 0.15) is 4.88 Å². The summed E-state index contributed by atoms with van der Waals surface area (Å²) in [5.41, 5.74) is 0. The molecule has 1 aromatic rings. The Balaban J connectivity index is 0.00000242. The Bertz CT molecular complexity index is 601. The van der Waals surface area contributed by atoms with Gasteiger partial charge in [-0.05, 0) is 38.4 Å². The molecule has 1 atom stereocenters. The van der Waals surface area contributed by atoms with E-state index >= 15 is 0 Å². The molecule has 1 aliphatic heterocycles. The Morgan fingerprint density at radius 2 is 2.27 bits per heavy atom. The van der Waals surface area contributed by atoms with Crippen LogP contribution in [-0.4, -0.2) is 52.5 Å². The zero-order valence-corrected chi connectivity index (χ0v) is 15.0. The molecular weight excluding hydrogens is 348 g/mol. The van der Waals surface area contributed by atoms with E-state index in [1.807, 2.05) is 7.05 Å². The minimum Gasteiger partial charge on any atom is -0.465 e. The highest BCUT2D eigenvalue weighted by Crippen LogP contribution is 2.27. The summed E-state index contributed by atoms with van der Waals surface area (Å²) in [4.78, 5) is 11.9. The van der Waals surface area contributed by atoms with Crippen molar-refractivity contribution in [3.63, 3.8) is 0 Å². The van der Waals surface area contributed by atoms with Crippen molar-refractivity contribution in [3.05, 3.63) is 16.3 Å². The average molecular weight is 369 g/mol. The van der Waals surface area contributed by atoms with Gasteiger partial charge in [-0.25, -0.2) is 13.2 Å². The third-order valence-electron chi connectivity index (χ3n) is 3.57. The van der Waals surface area contributed by atoms with Crippen LogP contribution in [0.1, 0.15) is 22.5 Å². The lowest BCUT2D eigenvalue weighted by Gasteiger charge is -2.31. The van der Waals surface area contributed by atoms with Gasteiger partial charge in [-0.15, -0.1) is 23.7 Å². The van der Waals surface area contributed by atoms with Crippen LogP contribution in [0.5, 0.6) is 0 Å². The first-order chi connectivity index (χ1) is 9.98. The molecule has 0 radical (unpaired) electrons. The second-order valence-electron chi connectivity index (χ2n) is 5.07. The van der Waals surface area contributed by atoms with Gasteiger partial charge in [-0.2, -0.15) is 4.31 Å². The first-order valence-corrected chi connectivity index (χ1v) is 9.12. The van der Waals surface area contributed by atoms with Gasteiger partial charge in [0.05, 0.1) is 12.0 Å². The van der Waals surface area contributed by atoms with E-state index in [0.717, 1.165) is 30.7 Å². The summed E-state index contributed by atoms with van der Waals surface area (Å²) in [5.74, 6) is -0.176. The summed E-state index contributed by atoms with van der Waals surface area (Å²) in [6, 6.07) is 1.40. The van der Waals surface area contributed by atoms with Crippen molar-refractivity contribution >= 4 is 39.7 Å². The van der Waals surface area contributed by atoms with E-state index in [1.165, 1.54) is 22.9 Å². The van der Waals surface area contributed by atoms with Crippen LogP contribution < -0.4 is 5.32 Å².